The monoisotopic (exact) mass is 212 g/mol. The van der Waals surface area contributed by atoms with Crippen LogP contribution in [0.4, 0.5) is 0 Å². The van der Waals surface area contributed by atoms with Gasteiger partial charge in [0.2, 0.25) is 0 Å². The lowest BCUT2D eigenvalue weighted by Crippen LogP contribution is -2.46. The molecule has 3 fully saturated rings. The summed E-state index contributed by atoms with van der Waals surface area (Å²) in [5.74, 6) is 0.817. The minimum atomic E-state index is -0.320. The normalized spacial score (nSPS) is 44.2. The van der Waals surface area contributed by atoms with Gasteiger partial charge >= 0.3 is 0 Å². The molecule has 0 bridgehead atoms. The number of hydrogen-bond acceptors (Lipinski definition) is 3. The van der Waals surface area contributed by atoms with Crippen molar-refractivity contribution in [2.75, 3.05) is 13.2 Å². The Morgan fingerprint density at radius 1 is 1.07 bits per heavy atom. The van der Waals surface area contributed by atoms with Gasteiger partial charge in [0.1, 0.15) is 0 Å². The Hall–Kier alpha value is -0.120. The molecule has 0 aromatic heterocycles. The molecule has 2 aliphatic carbocycles. The Labute approximate surface area is 90.8 Å². The van der Waals surface area contributed by atoms with E-state index in [1.807, 2.05) is 0 Å². The zero-order chi connectivity index (χ0) is 10.3. The van der Waals surface area contributed by atoms with E-state index in [1.54, 1.807) is 0 Å². The molecule has 3 rings (SSSR count). The zero-order valence-corrected chi connectivity index (χ0v) is 9.15. The molecule has 15 heavy (non-hydrogen) atoms. The molecule has 2 saturated carbocycles. The molecule has 1 heterocycles. The van der Waals surface area contributed by atoms with Crippen molar-refractivity contribution in [2.24, 2.45) is 11.8 Å². The summed E-state index contributed by atoms with van der Waals surface area (Å²) in [6.45, 7) is 1.46. The molecule has 3 unspecified atom stereocenters. The number of rotatable bonds is 0. The lowest BCUT2D eigenvalue weighted by molar-refractivity contribution is -0.208. The molecule has 3 aliphatic rings. The van der Waals surface area contributed by atoms with Crippen LogP contribution in [-0.2, 0) is 9.47 Å². The van der Waals surface area contributed by atoms with Gasteiger partial charge < -0.3 is 14.6 Å². The van der Waals surface area contributed by atoms with E-state index in [-0.39, 0.29) is 11.9 Å². The molecule has 0 aromatic carbocycles. The van der Waals surface area contributed by atoms with E-state index in [0.717, 1.165) is 32.5 Å². The van der Waals surface area contributed by atoms with E-state index in [0.29, 0.717) is 11.8 Å². The van der Waals surface area contributed by atoms with Crippen LogP contribution in [0.1, 0.15) is 38.5 Å². The summed E-state index contributed by atoms with van der Waals surface area (Å²) < 4.78 is 11.5. The molecular formula is C12H20O3. The van der Waals surface area contributed by atoms with E-state index in [2.05, 4.69) is 0 Å². The largest absolute Gasteiger partial charge is 0.393 e. The van der Waals surface area contributed by atoms with Gasteiger partial charge in [-0.3, -0.25) is 0 Å². The van der Waals surface area contributed by atoms with Crippen LogP contribution < -0.4 is 0 Å². The number of aliphatic hydroxyl groups is 1. The highest BCUT2D eigenvalue weighted by atomic mass is 16.7. The van der Waals surface area contributed by atoms with Crippen LogP contribution in [0.25, 0.3) is 0 Å². The Bertz CT molecular complexity index is 235. The lowest BCUT2D eigenvalue weighted by atomic mass is 9.67. The van der Waals surface area contributed by atoms with Gasteiger partial charge in [-0.25, -0.2) is 0 Å². The first-order valence-electron chi connectivity index (χ1n) is 6.25. The van der Waals surface area contributed by atoms with Crippen molar-refractivity contribution in [3.05, 3.63) is 0 Å². The second-order valence-corrected chi connectivity index (χ2v) is 5.27. The summed E-state index contributed by atoms with van der Waals surface area (Å²) in [7, 11) is 0. The molecule has 3 atom stereocenters. The van der Waals surface area contributed by atoms with Crippen LogP contribution >= 0.6 is 0 Å². The van der Waals surface area contributed by atoms with Crippen molar-refractivity contribution < 1.29 is 14.6 Å². The van der Waals surface area contributed by atoms with Crippen molar-refractivity contribution in [2.45, 2.75) is 50.4 Å². The molecule has 3 nitrogen and oxygen atoms in total. The Kier molecular flexibility index (Phi) is 2.49. The predicted octanol–water partition coefficient (Wildman–Crippen LogP) is 1.69. The highest BCUT2D eigenvalue weighted by molar-refractivity contribution is 4.93. The molecule has 86 valence electrons. The Balaban J connectivity index is 1.74. The molecule has 0 aromatic rings. The van der Waals surface area contributed by atoms with Crippen LogP contribution in [-0.4, -0.2) is 30.2 Å². The molecule has 1 aliphatic heterocycles. The van der Waals surface area contributed by atoms with Crippen molar-refractivity contribution in [3.8, 4) is 0 Å². The minimum absolute atomic E-state index is 0.117. The van der Waals surface area contributed by atoms with Gasteiger partial charge in [0, 0.05) is 12.8 Å². The van der Waals surface area contributed by atoms with Crippen molar-refractivity contribution in [3.63, 3.8) is 0 Å². The first kappa shape index (κ1) is 10.1. The summed E-state index contributed by atoms with van der Waals surface area (Å²) in [5.41, 5.74) is 0. The number of fused-ring (bicyclic) bond motifs is 1. The molecule has 1 saturated heterocycles. The van der Waals surface area contributed by atoms with Crippen LogP contribution in [0, 0.1) is 11.8 Å². The van der Waals surface area contributed by atoms with Crippen LogP contribution in [0.2, 0.25) is 0 Å². The number of ether oxygens (including phenoxy) is 2. The molecule has 3 heteroatoms. The van der Waals surface area contributed by atoms with E-state index in [1.165, 1.54) is 19.3 Å². The summed E-state index contributed by atoms with van der Waals surface area (Å²) in [6.07, 6.45) is 6.45. The van der Waals surface area contributed by atoms with Gasteiger partial charge in [-0.1, -0.05) is 6.42 Å². The quantitative estimate of drug-likeness (QED) is 0.664. The van der Waals surface area contributed by atoms with E-state index < -0.39 is 0 Å². The maximum Gasteiger partial charge on any atom is 0.168 e. The van der Waals surface area contributed by atoms with E-state index in [9.17, 15) is 5.11 Å². The van der Waals surface area contributed by atoms with E-state index >= 15 is 0 Å². The van der Waals surface area contributed by atoms with Crippen molar-refractivity contribution in [1.29, 1.82) is 0 Å². The Morgan fingerprint density at radius 3 is 2.67 bits per heavy atom. The van der Waals surface area contributed by atoms with Crippen molar-refractivity contribution in [1.82, 2.24) is 0 Å². The third-order valence-electron chi connectivity index (χ3n) is 4.43. The molecule has 0 radical (unpaired) electrons. The van der Waals surface area contributed by atoms with Gasteiger partial charge in [-0.05, 0) is 31.1 Å². The standard InChI is InChI=1S/C12H20O3/c13-11-3-1-2-9-4-5-12(8-10(9)11)14-6-7-15-12/h9-11,13H,1-8H2. The fourth-order valence-electron chi connectivity index (χ4n) is 3.62. The highest BCUT2D eigenvalue weighted by Crippen LogP contribution is 2.47. The zero-order valence-electron chi connectivity index (χ0n) is 9.15. The minimum Gasteiger partial charge on any atom is -0.393 e. The molecule has 1 N–H and O–H groups in total. The topological polar surface area (TPSA) is 38.7 Å². The average molecular weight is 212 g/mol. The van der Waals surface area contributed by atoms with Gasteiger partial charge in [0.15, 0.2) is 5.79 Å². The fraction of sp³-hybridized carbons (Fsp3) is 1.00. The third-order valence-corrected chi connectivity index (χ3v) is 4.43. The van der Waals surface area contributed by atoms with Crippen LogP contribution in [0.15, 0.2) is 0 Å². The second-order valence-electron chi connectivity index (χ2n) is 5.27. The first-order chi connectivity index (χ1) is 7.29. The lowest BCUT2D eigenvalue weighted by Gasteiger charge is -2.45. The average Bonchev–Trinajstić information content (AvgIpc) is 2.68. The van der Waals surface area contributed by atoms with Gasteiger partial charge in [0.05, 0.1) is 19.3 Å². The van der Waals surface area contributed by atoms with Crippen LogP contribution in [0.3, 0.4) is 0 Å². The SMILES string of the molecule is OC1CCCC2CCC3(CC12)OCCO3. The summed E-state index contributed by atoms with van der Waals surface area (Å²) >= 11 is 0. The van der Waals surface area contributed by atoms with Crippen LogP contribution in [0.5, 0.6) is 0 Å². The smallest absolute Gasteiger partial charge is 0.168 e. The molecule has 1 spiro atoms. The van der Waals surface area contributed by atoms with Gasteiger partial charge in [0.25, 0.3) is 0 Å². The van der Waals surface area contributed by atoms with E-state index in [4.69, 9.17) is 9.47 Å². The highest BCUT2D eigenvalue weighted by Gasteiger charge is 2.47. The summed E-state index contributed by atoms with van der Waals surface area (Å²) in [4.78, 5) is 0. The first-order valence-corrected chi connectivity index (χ1v) is 6.25. The van der Waals surface area contributed by atoms with Crippen molar-refractivity contribution >= 4 is 0 Å². The Morgan fingerprint density at radius 2 is 1.87 bits per heavy atom. The predicted molar refractivity (Wildman–Crippen MR) is 55.3 cm³/mol. The maximum absolute atomic E-state index is 10.0. The summed E-state index contributed by atoms with van der Waals surface area (Å²) in [5, 5.41) is 10.0. The maximum atomic E-state index is 10.0. The fourth-order valence-corrected chi connectivity index (χ4v) is 3.62. The number of aliphatic hydroxyl groups excluding tert-OH is 1. The molecule has 0 amide bonds. The van der Waals surface area contributed by atoms with Gasteiger partial charge in [-0.15, -0.1) is 0 Å². The second kappa shape index (κ2) is 3.72. The summed E-state index contributed by atoms with van der Waals surface area (Å²) in [6, 6.07) is 0. The number of hydrogen-bond donors (Lipinski definition) is 1. The van der Waals surface area contributed by atoms with Gasteiger partial charge in [-0.2, -0.15) is 0 Å². The molecular weight excluding hydrogens is 192 g/mol. The third kappa shape index (κ3) is 1.71.